The van der Waals surface area contributed by atoms with Crippen molar-refractivity contribution in [2.75, 3.05) is 6.61 Å². The number of benzene rings is 1. The molecule has 3 heteroatoms. The maximum Gasteiger partial charge on any atom is 0.127 e. The summed E-state index contributed by atoms with van der Waals surface area (Å²) in [6, 6.07) is 1.97. The zero-order valence-corrected chi connectivity index (χ0v) is 14.1. The van der Waals surface area contributed by atoms with E-state index in [0.717, 1.165) is 31.4 Å². The Morgan fingerprint density at radius 1 is 1.17 bits per heavy atom. The molecule has 3 aliphatic carbocycles. The normalized spacial score (nSPS) is 31.9. The zero-order valence-electron chi connectivity index (χ0n) is 14.1. The van der Waals surface area contributed by atoms with Gasteiger partial charge in [-0.1, -0.05) is 6.42 Å². The highest BCUT2D eigenvalue weighted by Gasteiger charge is 2.40. The number of rotatable bonds is 3. The molecule has 2 bridgehead atoms. The fourth-order valence-corrected chi connectivity index (χ4v) is 5.09. The van der Waals surface area contributed by atoms with Crippen molar-refractivity contribution < 1.29 is 14.9 Å². The molecule has 23 heavy (non-hydrogen) atoms. The van der Waals surface area contributed by atoms with E-state index in [2.05, 4.69) is 6.92 Å². The standard InChI is InChI=1S/C20H28O3/c1-20(9-3-11-21)10-8-15-12-16(22)17-13-4-2-5-14(7-6-13)18(17)19(15)23-20/h12-14,21-22H,2-11H2,1H3. The lowest BCUT2D eigenvalue weighted by Crippen LogP contribution is -2.37. The van der Waals surface area contributed by atoms with Gasteiger partial charge >= 0.3 is 0 Å². The van der Waals surface area contributed by atoms with E-state index in [1.54, 1.807) is 0 Å². The van der Waals surface area contributed by atoms with E-state index in [0.29, 0.717) is 17.6 Å². The molecule has 1 heterocycles. The minimum absolute atomic E-state index is 0.175. The zero-order chi connectivity index (χ0) is 16.0. The second-order valence-corrected chi connectivity index (χ2v) is 7.99. The van der Waals surface area contributed by atoms with E-state index in [1.165, 1.54) is 48.8 Å². The maximum absolute atomic E-state index is 10.6. The van der Waals surface area contributed by atoms with Gasteiger partial charge in [-0.05, 0) is 81.8 Å². The molecule has 3 unspecified atom stereocenters. The molecule has 0 radical (unpaired) electrons. The van der Waals surface area contributed by atoms with Crippen molar-refractivity contribution in [3.8, 4) is 11.5 Å². The van der Waals surface area contributed by atoms with Crippen LogP contribution < -0.4 is 4.74 Å². The van der Waals surface area contributed by atoms with Gasteiger partial charge in [-0.25, -0.2) is 0 Å². The number of phenolic OH excluding ortho intramolecular Hbond substituents is 1. The fourth-order valence-electron chi connectivity index (χ4n) is 5.09. The second kappa shape index (κ2) is 5.70. The molecule has 0 spiro atoms. The number of phenols is 1. The predicted molar refractivity (Wildman–Crippen MR) is 90.3 cm³/mol. The van der Waals surface area contributed by atoms with Crippen molar-refractivity contribution in [3.63, 3.8) is 0 Å². The van der Waals surface area contributed by atoms with E-state index >= 15 is 0 Å². The van der Waals surface area contributed by atoms with Gasteiger partial charge in [0.2, 0.25) is 0 Å². The minimum Gasteiger partial charge on any atom is -0.508 e. The van der Waals surface area contributed by atoms with Crippen LogP contribution in [0, 0.1) is 0 Å². The number of aliphatic hydroxyl groups is 1. The maximum atomic E-state index is 10.6. The van der Waals surface area contributed by atoms with Crippen LogP contribution >= 0.6 is 0 Å². The van der Waals surface area contributed by atoms with Crippen LogP contribution in [-0.4, -0.2) is 22.4 Å². The largest absolute Gasteiger partial charge is 0.508 e. The molecule has 1 fully saturated rings. The molecule has 3 atom stereocenters. The minimum atomic E-state index is -0.175. The molecule has 126 valence electrons. The summed E-state index contributed by atoms with van der Waals surface area (Å²) in [5.74, 6) is 2.67. The average Bonchev–Trinajstić information content (AvgIpc) is 2.89. The van der Waals surface area contributed by atoms with Crippen LogP contribution in [0.5, 0.6) is 11.5 Å². The Kier molecular flexibility index (Phi) is 3.79. The Morgan fingerprint density at radius 2 is 1.91 bits per heavy atom. The highest BCUT2D eigenvalue weighted by atomic mass is 16.5. The quantitative estimate of drug-likeness (QED) is 0.869. The second-order valence-electron chi connectivity index (χ2n) is 7.99. The highest BCUT2D eigenvalue weighted by Crippen LogP contribution is 2.56. The molecule has 3 nitrogen and oxygen atoms in total. The Morgan fingerprint density at radius 3 is 2.65 bits per heavy atom. The van der Waals surface area contributed by atoms with Crippen LogP contribution in [0.2, 0.25) is 0 Å². The molecule has 5 rings (SSSR count). The lowest BCUT2D eigenvalue weighted by molar-refractivity contribution is 0.0469. The predicted octanol–water partition coefficient (Wildman–Crippen LogP) is 4.39. The van der Waals surface area contributed by atoms with Crippen molar-refractivity contribution in [1.29, 1.82) is 0 Å². The van der Waals surface area contributed by atoms with E-state index in [-0.39, 0.29) is 12.2 Å². The Bertz CT molecular complexity index is 605. The molecule has 4 aliphatic rings. The summed E-state index contributed by atoms with van der Waals surface area (Å²) >= 11 is 0. The summed E-state index contributed by atoms with van der Waals surface area (Å²) in [6.45, 7) is 2.41. The van der Waals surface area contributed by atoms with Gasteiger partial charge in [0, 0.05) is 17.7 Å². The number of hydrogen-bond acceptors (Lipinski definition) is 3. The van der Waals surface area contributed by atoms with Crippen molar-refractivity contribution in [2.45, 2.75) is 82.1 Å². The van der Waals surface area contributed by atoms with Gasteiger partial charge in [-0.3, -0.25) is 0 Å². The summed E-state index contributed by atoms with van der Waals surface area (Å²) in [5, 5.41) is 19.8. The van der Waals surface area contributed by atoms with Gasteiger partial charge < -0.3 is 14.9 Å². The molecule has 1 saturated carbocycles. The molecule has 2 N–H and O–H groups in total. The smallest absolute Gasteiger partial charge is 0.127 e. The third-order valence-electron chi connectivity index (χ3n) is 6.33. The lowest BCUT2D eigenvalue weighted by Gasteiger charge is -2.40. The first-order valence-electron chi connectivity index (χ1n) is 9.30. The number of aryl methyl sites for hydroxylation is 1. The topological polar surface area (TPSA) is 49.7 Å². The fraction of sp³-hybridized carbons (Fsp3) is 0.700. The van der Waals surface area contributed by atoms with Gasteiger partial charge in [0.25, 0.3) is 0 Å². The molecule has 0 saturated heterocycles. The van der Waals surface area contributed by atoms with Crippen LogP contribution in [0.4, 0.5) is 0 Å². The molecular formula is C20H28O3. The van der Waals surface area contributed by atoms with E-state index < -0.39 is 0 Å². The highest BCUT2D eigenvalue weighted by molar-refractivity contribution is 5.58. The summed E-state index contributed by atoms with van der Waals surface area (Å²) in [6.07, 6.45) is 9.77. The van der Waals surface area contributed by atoms with Crippen LogP contribution in [0.25, 0.3) is 0 Å². The van der Waals surface area contributed by atoms with Crippen LogP contribution in [0.3, 0.4) is 0 Å². The SMILES string of the molecule is CC1(CCCO)CCc2cc(O)c3c(c2O1)C1CCCC3CC1. The monoisotopic (exact) mass is 316 g/mol. The molecule has 0 amide bonds. The van der Waals surface area contributed by atoms with Gasteiger partial charge in [0.05, 0.1) is 0 Å². The average molecular weight is 316 g/mol. The van der Waals surface area contributed by atoms with Crippen LogP contribution in [0.15, 0.2) is 6.07 Å². The Labute approximate surface area is 138 Å². The molecule has 1 aromatic carbocycles. The molecule has 1 aromatic rings. The van der Waals surface area contributed by atoms with E-state index in [1.807, 2.05) is 6.07 Å². The molecule has 1 aliphatic heterocycles. The lowest BCUT2D eigenvalue weighted by atomic mass is 9.75. The van der Waals surface area contributed by atoms with Gasteiger partial charge in [0.1, 0.15) is 17.1 Å². The van der Waals surface area contributed by atoms with E-state index in [4.69, 9.17) is 9.84 Å². The summed E-state index contributed by atoms with van der Waals surface area (Å²) in [4.78, 5) is 0. The van der Waals surface area contributed by atoms with Crippen molar-refractivity contribution in [1.82, 2.24) is 0 Å². The molecule has 0 aromatic heterocycles. The number of hydrogen-bond donors (Lipinski definition) is 2. The number of ether oxygens (including phenoxy) is 1. The van der Waals surface area contributed by atoms with Crippen LogP contribution in [-0.2, 0) is 6.42 Å². The Hall–Kier alpha value is -1.22. The summed E-state index contributed by atoms with van der Waals surface area (Å²) in [7, 11) is 0. The van der Waals surface area contributed by atoms with Gasteiger partial charge in [-0.2, -0.15) is 0 Å². The first-order chi connectivity index (χ1) is 11.1. The van der Waals surface area contributed by atoms with Crippen molar-refractivity contribution in [2.24, 2.45) is 0 Å². The molecular weight excluding hydrogens is 288 g/mol. The van der Waals surface area contributed by atoms with E-state index in [9.17, 15) is 5.11 Å². The number of aliphatic hydroxyl groups excluding tert-OH is 1. The Balaban J connectivity index is 1.79. The summed E-state index contributed by atoms with van der Waals surface area (Å²) in [5.41, 5.74) is 3.55. The van der Waals surface area contributed by atoms with Crippen molar-refractivity contribution in [3.05, 3.63) is 22.8 Å². The number of fused-ring (bicyclic) bond motifs is 4. The number of aromatic hydroxyl groups is 1. The first-order valence-corrected chi connectivity index (χ1v) is 9.30. The van der Waals surface area contributed by atoms with Gasteiger partial charge in [0.15, 0.2) is 0 Å². The summed E-state index contributed by atoms with van der Waals surface area (Å²) < 4.78 is 6.56. The van der Waals surface area contributed by atoms with Crippen molar-refractivity contribution >= 4 is 0 Å². The van der Waals surface area contributed by atoms with Gasteiger partial charge in [-0.15, -0.1) is 0 Å². The third kappa shape index (κ3) is 2.53. The van der Waals surface area contributed by atoms with Crippen LogP contribution in [0.1, 0.15) is 86.8 Å². The first kappa shape index (κ1) is 15.3. The third-order valence-corrected chi connectivity index (χ3v) is 6.33.